The number of ether oxygens (including phenoxy) is 1. The van der Waals surface area contributed by atoms with Crippen LogP contribution in [0.2, 0.25) is 0 Å². The molecule has 142 valence electrons. The second-order valence-electron chi connectivity index (χ2n) is 6.71. The lowest BCUT2D eigenvalue weighted by molar-refractivity contribution is -0.127. The zero-order valence-corrected chi connectivity index (χ0v) is 15.2. The number of methoxy groups -OCH3 is 1. The van der Waals surface area contributed by atoms with E-state index in [-0.39, 0.29) is 23.1 Å². The maximum absolute atomic E-state index is 12.3. The number of aromatic carboxylic acids is 1. The summed E-state index contributed by atoms with van der Waals surface area (Å²) in [5.41, 5.74) is 0.421. The Morgan fingerprint density at radius 1 is 1.23 bits per heavy atom. The fourth-order valence-electron chi connectivity index (χ4n) is 3.19. The summed E-state index contributed by atoms with van der Waals surface area (Å²) in [5.74, 6) is -0.928. The van der Waals surface area contributed by atoms with Crippen LogP contribution in [0.1, 0.15) is 55.8 Å². The predicted octanol–water partition coefficient (Wildman–Crippen LogP) is 2.81. The number of carboxylic acids is 1. The smallest absolute Gasteiger partial charge is 0.335 e. The second-order valence-corrected chi connectivity index (χ2v) is 6.71. The first-order valence-corrected chi connectivity index (χ1v) is 8.92. The molecule has 1 fully saturated rings. The molecular weight excluding hydrogens is 336 g/mol. The molecule has 7 heteroatoms. The van der Waals surface area contributed by atoms with Gasteiger partial charge in [0.05, 0.1) is 18.4 Å². The topological polar surface area (TPSA) is 105 Å². The highest BCUT2D eigenvalue weighted by Crippen LogP contribution is 2.27. The zero-order chi connectivity index (χ0) is 19.1. The first kappa shape index (κ1) is 19.8. The summed E-state index contributed by atoms with van der Waals surface area (Å²) in [7, 11) is 1.39. The molecule has 3 N–H and O–H groups in total. The lowest BCUT2D eigenvalue weighted by Crippen LogP contribution is -2.42. The van der Waals surface area contributed by atoms with Crippen LogP contribution in [-0.2, 0) is 9.59 Å². The molecule has 26 heavy (non-hydrogen) atoms. The number of rotatable bonds is 7. The van der Waals surface area contributed by atoms with Crippen LogP contribution in [0.15, 0.2) is 18.2 Å². The van der Waals surface area contributed by atoms with Gasteiger partial charge in [-0.25, -0.2) is 4.79 Å². The van der Waals surface area contributed by atoms with E-state index in [1.165, 1.54) is 44.6 Å². The average molecular weight is 362 g/mol. The van der Waals surface area contributed by atoms with Crippen molar-refractivity contribution in [1.29, 1.82) is 0 Å². The number of nitrogens with one attached hydrogen (secondary N) is 2. The van der Waals surface area contributed by atoms with Gasteiger partial charge in [0.2, 0.25) is 11.8 Å². The number of benzene rings is 1. The third-order valence-corrected chi connectivity index (χ3v) is 4.68. The highest BCUT2D eigenvalue weighted by Gasteiger charge is 2.21. The minimum absolute atomic E-state index is 0.0636. The monoisotopic (exact) mass is 362 g/mol. The van der Waals surface area contributed by atoms with Crippen molar-refractivity contribution >= 4 is 23.5 Å². The molecule has 1 saturated carbocycles. The van der Waals surface area contributed by atoms with E-state index in [9.17, 15) is 14.4 Å². The minimum Gasteiger partial charge on any atom is -0.495 e. The molecule has 1 unspecified atom stereocenters. The molecule has 1 aromatic carbocycles. The molecule has 2 rings (SSSR count). The van der Waals surface area contributed by atoms with Crippen molar-refractivity contribution in [3.63, 3.8) is 0 Å². The van der Waals surface area contributed by atoms with Crippen LogP contribution in [0, 0.1) is 5.92 Å². The Bertz CT molecular complexity index is 668. The summed E-state index contributed by atoms with van der Waals surface area (Å²) in [6, 6.07) is 3.49. The molecule has 7 nitrogen and oxygen atoms in total. The van der Waals surface area contributed by atoms with Gasteiger partial charge in [0, 0.05) is 6.42 Å². The van der Waals surface area contributed by atoms with E-state index in [1.54, 1.807) is 6.92 Å². The van der Waals surface area contributed by atoms with Crippen molar-refractivity contribution in [2.24, 2.45) is 5.92 Å². The molecule has 0 saturated heterocycles. The van der Waals surface area contributed by atoms with E-state index in [1.807, 2.05) is 0 Å². The third-order valence-electron chi connectivity index (χ3n) is 4.68. The second kappa shape index (κ2) is 9.22. The number of carbonyl (C=O) groups excluding carboxylic acids is 2. The Kier molecular flexibility index (Phi) is 7.00. The molecule has 0 bridgehead atoms. The Morgan fingerprint density at radius 2 is 1.92 bits per heavy atom. The molecule has 2 amide bonds. The average Bonchev–Trinajstić information content (AvgIpc) is 2.62. The zero-order valence-electron chi connectivity index (χ0n) is 15.2. The third kappa shape index (κ3) is 5.47. The number of hydrogen-bond donors (Lipinski definition) is 3. The van der Waals surface area contributed by atoms with Crippen molar-refractivity contribution in [3.8, 4) is 5.75 Å². The Hall–Kier alpha value is -2.57. The Morgan fingerprint density at radius 3 is 2.54 bits per heavy atom. The largest absolute Gasteiger partial charge is 0.495 e. The van der Waals surface area contributed by atoms with E-state index in [0.717, 1.165) is 12.8 Å². The normalized spacial score (nSPS) is 15.8. The van der Waals surface area contributed by atoms with Gasteiger partial charge < -0.3 is 20.5 Å². The van der Waals surface area contributed by atoms with Gasteiger partial charge in [-0.3, -0.25) is 9.59 Å². The molecule has 0 aliphatic heterocycles. The van der Waals surface area contributed by atoms with Gasteiger partial charge in [0.15, 0.2) is 0 Å². The minimum atomic E-state index is -1.08. The maximum Gasteiger partial charge on any atom is 0.335 e. The number of hydrogen-bond acceptors (Lipinski definition) is 4. The number of anilines is 1. The van der Waals surface area contributed by atoms with Crippen LogP contribution in [0.25, 0.3) is 0 Å². The van der Waals surface area contributed by atoms with Crippen LogP contribution < -0.4 is 15.4 Å². The highest BCUT2D eigenvalue weighted by molar-refractivity contribution is 5.98. The summed E-state index contributed by atoms with van der Waals surface area (Å²) in [6.07, 6.45) is 6.16. The van der Waals surface area contributed by atoms with Crippen LogP contribution in [0.3, 0.4) is 0 Å². The Balaban J connectivity index is 1.91. The standard InChI is InChI=1S/C19H26N2O5/c1-12(20-17(22)10-13-6-4-3-5-7-13)18(23)21-15-9-8-14(19(24)25)11-16(15)26-2/h8-9,11-13H,3-7,10H2,1-2H3,(H,20,22)(H,21,23)(H,24,25). The predicted molar refractivity (Wildman–Crippen MR) is 97.4 cm³/mol. The molecular formula is C19H26N2O5. The van der Waals surface area contributed by atoms with Crippen molar-refractivity contribution in [2.45, 2.75) is 51.5 Å². The molecule has 0 radical (unpaired) electrons. The van der Waals surface area contributed by atoms with Crippen LogP contribution in [0.5, 0.6) is 5.75 Å². The summed E-state index contributed by atoms with van der Waals surface area (Å²) < 4.78 is 5.13. The van der Waals surface area contributed by atoms with Crippen molar-refractivity contribution in [1.82, 2.24) is 5.32 Å². The number of carbonyl (C=O) groups is 3. The van der Waals surface area contributed by atoms with E-state index >= 15 is 0 Å². The van der Waals surface area contributed by atoms with E-state index < -0.39 is 12.0 Å². The summed E-state index contributed by atoms with van der Waals surface area (Å²) in [6.45, 7) is 1.62. The van der Waals surface area contributed by atoms with E-state index in [2.05, 4.69) is 10.6 Å². The van der Waals surface area contributed by atoms with Crippen molar-refractivity contribution in [3.05, 3.63) is 23.8 Å². The molecule has 0 heterocycles. The SMILES string of the molecule is COc1cc(C(=O)O)ccc1NC(=O)C(C)NC(=O)CC1CCCCC1. The Labute approximate surface area is 153 Å². The molecule has 1 aliphatic carbocycles. The van der Waals surface area contributed by atoms with E-state index in [4.69, 9.17) is 9.84 Å². The molecule has 0 aromatic heterocycles. The molecule has 1 atom stereocenters. The summed E-state index contributed by atoms with van der Waals surface area (Å²) in [5, 5.41) is 14.4. The number of carboxylic acid groups (broad SMARTS) is 1. The quantitative estimate of drug-likeness (QED) is 0.692. The van der Waals surface area contributed by atoms with Gasteiger partial charge in [0.25, 0.3) is 0 Å². The van der Waals surface area contributed by atoms with Gasteiger partial charge in [-0.1, -0.05) is 19.3 Å². The number of amides is 2. The van der Waals surface area contributed by atoms with E-state index in [0.29, 0.717) is 18.0 Å². The molecule has 1 aromatic rings. The first-order chi connectivity index (χ1) is 12.4. The summed E-state index contributed by atoms with van der Waals surface area (Å²) >= 11 is 0. The van der Waals surface area contributed by atoms with Crippen molar-refractivity contribution < 1.29 is 24.2 Å². The van der Waals surface area contributed by atoms with Gasteiger partial charge in [-0.05, 0) is 43.9 Å². The van der Waals surface area contributed by atoms with Crippen LogP contribution >= 0.6 is 0 Å². The fourth-order valence-corrected chi connectivity index (χ4v) is 3.19. The highest BCUT2D eigenvalue weighted by atomic mass is 16.5. The lowest BCUT2D eigenvalue weighted by Gasteiger charge is -2.22. The van der Waals surface area contributed by atoms with Crippen LogP contribution in [-0.4, -0.2) is 36.0 Å². The van der Waals surface area contributed by atoms with Crippen molar-refractivity contribution in [2.75, 3.05) is 12.4 Å². The maximum atomic E-state index is 12.3. The van der Waals surface area contributed by atoms with Gasteiger partial charge in [-0.2, -0.15) is 0 Å². The van der Waals surface area contributed by atoms with Gasteiger partial charge in [-0.15, -0.1) is 0 Å². The molecule has 1 aliphatic rings. The van der Waals surface area contributed by atoms with Gasteiger partial charge >= 0.3 is 5.97 Å². The van der Waals surface area contributed by atoms with Crippen LogP contribution in [0.4, 0.5) is 5.69 Å². The fraction of sp³-hybridized carbons (Fsp3) is 0.526. The first-order valence-electron chi connectivity index (χ1n) is 8.92. The molecule has 0 spiro atoms. The summed E-state index contributed by atoms with van der Waals surface area (Å²) in [4.78, 5) is 35.5. The van der Waals surface area contributed by atoms with Gasteiger partial charge in [0.1, 0.15) is 11.8 Å². The lowest BCUT2D eigenvalue weighted by atomic mass is 9.87.